The average Bonchev–Trinajstić information content (AvgIpc) is 2.52. The van der Waals surface area contributed by atoms with Crippen molar-refractivity contribution in [3.63, 3.8) is 0 Å². The second-order valence-corrected chi connectivity index (χ2v) is 7.00. The molecule has 0 aliphatic heterocycles. The molecule has 128 valence electrons. The van der Waals surface area contributed by atoms with E-state index in [1.165, 1.54) is 0 Å². The molecular weight excluding hydrogens is 290 g/mol. The van der Waals surface area contributed by atoms with Gasteiger partial charge in [-0.15, -0.1) is 0 Å². The van der Waals surface area contributed by atoms with Gasteiger partial charge in [-0.3, -0.25) is 9.59 Å². The summed E-state index contributed by atoms with van der Waals surface area (Å²) in [5, 5.41) is 5.70. The first-order valence-electron chi connectivity index (χ1n) is 8.10. The van der Waals surface area contributed by atoms with Crippen molar-refractivity contribution >= 4 is 17.5 Å². The number of nitrogens with one attached hydrogen (secondary N) is 2. The molecule has 0 unspecified atom stereocenters. The van der Waals surface area contributed by atoms with E-state index in [1.807, 2.05) is 34.6 Å². The molecule has 5 heteroatoms. The SMILES string of the molecule is CCC(N)(CC)CNC(=O)c1ccccc1NC(=O)C(C)(C)C. The molecule has 0 spiro atoms. The first kappa shape index (κ1) is 19.2. The second-order valence-electron chi connectivity index (χ2n) is 7.00. The van der Waals surface area contributed by atoms with Crippen molar-refractivity contribution in [2.45, 2.75) is 53.0 Å². The third-order valence-electron chi connectivity index (χ3n) is 4.11. The number of hydrogen-bond acceptors (Lipinski definition) is 3. The number of anilines is 1. The highest BCUT2D eigenvalue weighted by Crippen LogP contribution is 2.20. The Morgan fingerprint density at radius 1 is 1.09 bits per heavy atom. The van der Waals surface area contributed by atoms with Crippen molar-refractivity contribution < 1.29 is 9.59 Å². The summed E-state index contributed by atoms with van der Waals surface area (Å²) in [7, 11) is 0. The van der Waals surface area contributed by atoms with Crippen LogP contribution in [0.25, 0.3) is 0 Å². The van der Waals surface area contributed by atoms with Crippen molar-refractivity contribution in [3.8, 4) is 0 Å². The number of nitrogens with two attached hydrogens (primary N) is 1. The van der Waals surface area contributed by atoms with Gasteiger partial charge in [0, 0.05) is 17.5 Å². The Bertz CT molecular complexity index is 558. The molecule has 5 nitrogen and oxygen atoms in total. The van der Waals surface area contributed by atoms with Crippen molar-refractivity contribution in [1.82, 2.24) is 5.32 Å². The van der Waals surface area contributed by atoms with Crippen LogP contribution in [-0.4, -0.2) is 23.9 Å². The van der Waals surface area contributed by atoms with E-state index in [-0.39, 0.29) is 11.8 Å². The van der Waals surface area contributed by atoms with Gasteiger partial charge < -0.3 is 16.4 Å². The van der Waals surface area contributed by atoms with E-state index in [1.54, 1.807) is 24.3 Å². The lowest BCUT2D eigenvalue weighted by Gasteiger charge is -2.27. The minimum atomic E-state index is -0.527. The molecule has 0 saturated heterocycles. The number of carbonyl (C=O) groups excluding carboxylic acids is 2. The van der Waals surface area contributed by atoms with Gasteiger partial charge in [0.05, 0.1) is 11.3 Å². The quantitative estimate of drug-likeness (QED) is 0.753. The number of para-hydroxylation sites is 1. The van der Waals surface area contributed by atoms with Gasteiger partial charge in [0.15, 0.2) is 0 Å². The summed E-state index contributed by atoms with van der Waals surface area (Å²) < 4.78 is 0. The van der Waals surface area contributed by atoms with E-state index in [0.717, 1.165) is 12.8 Å². The Hall–Kier alpha value is -1.88. The van der Waals surface area contributed by atoms with Crippen molar-refractivity contribution in [2.24, 2.45) is 11.1 Å². The van der Waals surface area contributed by atoms with Gasteiger partial charge in [-0.1, -0.05) is 46.8 Å². The zero-order chi connectivity index (χ0) is 17.7. The number of carbonyl (C=O) groups is 2. The summed E-state index contributed by atoms with van der Waals surface area (Å²) in [5.41, 5.74) is 6.24. The van der Waals surface area contributed by atoms with Crippen LogP contribution in [0.5, 0.6) is 0 Å². The molecule has 1 rings (SSSR count). The van der Waals surface area contributed by atoms with E-state index in [9.17, 15) is 9.59 Å². The van der Waals surface area contributed by atoms with E-state index >= 15 is 0 Å². The summed E-state index contributed by atoms with van der Waals surface area (Å²) in [4.78, 5) is 24.6. The Kier molecular flexibility index (Phi) is 6.33. The van der Waals surface area contributed by atoms with Crippen LogP contribution in [0.3, 0.4) is 0 Å². The molecule has 4 N–H and O–H groups in total. The highest BCUT2D eigenvalue weighted by atomic mass is 16.2. The van der Waals surface area contributed by atoms with Crippen molar-refractivity contribution in [3.05, 3.63) is 29.8 Å². The van der Waals surface area contributed by atoms with Crippen LogP contribution in [-0.2, 0) is 4.79 Å². The van der Waals surface area contributed by atoms with Crippen LogP contribution in [0.2, 0.25) is 0 Å². The van der Waals surface area contributed by atoms with Crippen LogP contribution in [0, 0.1) is 5.41 Å². The topological polar surface area (TPSA) is 84.2 Å². The van der Waals surface area contributed by atoms with Crippen LogP contribution in [0.4, 0.5) is 5.69 Å². The lowest BCUT2D eigenvalue weighted by Crippen LogP contribution is -2.49. The van der Waals surface area contributed by atoms with Crippen molar-refractivity contribution in [1.29, 1.82) is 0 Å². The summed E-state index contributed by atoms with van der Waals surface area (Å²) in [6.07, 6.45) is 1.57. The Morgan fingerprint density at radius 3 is 2.17 bits per heavy atom. The average molecular weight is 319 g/mol. The molecule has 0 heterocycles. The summed E-state index contributed by atoms with van der Waals surface area (Å²) in [6.45, 7) is 9.91. The molecule has 23 heavy (non-hydrogen) atoms. The highest BCUT2D eigenvalue weighted by molar-refractivity contribution is 6.04. The van der Waals surface area contributed by atoms with Gasteiger partial charge in [0.2, 0.25) is 5.91 Å². The Morgan fingerprint density at radius 2 is 1.65 bits per heavy atom. The zero-order valence-corrected chi connectivity index (χ0v) is 14.8. The molecule has 2 amide bonds. The number of hydrogen-bond donors (Lipinski definition) is 3. The molecule has 0 aromatic heterocycles. The summed E-state index contributed by atoms with van der Waals surface area (Å²) >= 11 is 0. The number of rotatable bonds is 6. The van der Waals surface area contributed by atoms with Crippen LogP contribution >= 0.6 is 0 Å². The summed E-state index contributed by atoms with van der Waals surface area (Å²) in [6, 6.07) is 6.99. The van der Waals surface area contributed by atoms with Crippen molar-refractivity contribution in [2.75, 3.05) is 11.9 Å². The molecular formula is C18H29N3O2. The molecule has 1 aromatic rings. The van der Waals surface area contributed by atoms with Gasteiger partial charge >= 0.3 is 0 Å². The molecule has 0 saturated carbocycles. The summed E-state index contributed by atoms with van der Waals surface area (Å²) in [5.74, 6) is -0.362. The number of amides is 2. The van der Waals surface area contributed by atoms with E-state index in [0.29, 0.717) is 17.8 Å². The van der Waals surface area contributed by atoms with E-state index in [4.69, 9.17) is 5.73 Å². The smallest absolute Gasteiger partial charge is 0.253 e. The van der Waals surface area contributed by atoms with Crippen LogP contribution in [0.1, 0.15) is 57.8 Å². The predicted octanol–water partition coefficient (Wildman–Crippen LogP) is 2.92. The maximum atomic E-state index is 12.5. The van der Waals surface area contributed by atoms with Gasteiger partial charge in [0.25, 0.3) is 5.91 Å². The minimum Gasteiger partial charge on any atom is -0.350 e. The van der Waals surface area contributed by atoms with Gasteiger partial charge in [0.1, 0.15) is 0 Å². The van der Waals surface area contributed by atoms with E-state index in [2.05, 4.69) is 10.6 Å². The highest BCUT2D eigenvalue weighted by Gasteiger charge is 2.24. The predicted molar refractivity (Wildman–Crippen MR) is 94.4 cm³/mol. The molecule has 0 radical (unpaired) electrons. The zero-order valence-electron chi connectivity index (χ0n) is 14.8. The van der Waals surface area contributed by atoms with Gasteiger partial charge in [-0.25, -0.2) is 0 Å². The lowest BCUT2D eigenvalue weighted by molar-refractivity contribution is -0.123. The maximum Gasteiger partial charge on any atom is 0.253 e. The fraction of sp³-hybridized carbons (Fsp3) is 0.556. The van der Waals surface area contributed by atoms with Gasteiger partial charge in [-0.2, -0.15) is 0 Å². The standard InChI is InChI=1S/C18H29N3O2/c1-6-18(19,7-2)12-20-15(22)13-10-8-9-11-14(13)21-16(23)17(3,4)5/h8-11H,6-7,12,19H2,1-5H3,(H,20,22)(H,21,23). The molecule has 0 atom stereocenters. The molecule has 0 aliphatic carbocycles. The third kappa shape index (κ3) is 5.36. The fourth-order valence-electron chi connectivity index (χ4n) is 1.95. The molecule has 0 bridgehead atoms. The number of benzene rings is 1. The fourth-order valence-corrected chi connectivity index (χ4v) is 1.95. The van der Waals surface area contributed by atoms with Gasteiger partial charge in [-0.05, 0) is 25.0 Å². The maximum absolute atomic E-state index is 12.5. The largest absolute Gasteiger partial charge is 0.350 e. The Balaban J connectivity index is 2.88. The lowest BCUT2D eigenvalue weighted by atomic mass is 9.94. The first-order valence-corrected chi connectivity index (χ1v) is 8.10. The molecule has 0 aliphatic rings. The second kappa shape index (κ2) is 7.59. The van der Waals surface area contributed by atoms with Crippen LogP contribution in [0.15, 0.2) is 24.3 Å². The minimum absolute atomic E-state index is 0.131. The first-order chi connectivity index (χ1) is 10.6. The Labute approximate surface area is 139 Å². The van der Waals surface area contributed by atoms with Crippen LogP contribution < -0.4 is 16.4 Å². The normalized spacial score (nSPS) is 11.9. The third-order valence-corrected chi connectivity index (χ3v) is 4.11. The molecule has 1 aromatic carbocycles. The molecule has 0 fully saturated rings. The monoisotopic (exact) mass is 319 g/mol. The van der Waals surface area contributed by atoms with E-state index < -0.39 is 11.0 Å².